The van der Waals surface area contributed by atoms with Gasteiger partial charge in [-0.05, 0) is 43.6 Å². The molecule has 1 aromatic rings. The van der Waals surface area contributed by atoms with Crippen LogP contribution in [0.3, 0.4) is 0 Å². The molecule has 0 saturated carbocycles. The lowest BCUT2D eigenvalue weighted by Crippen LogP contribution is -2.26. The molecule has 1 saturated heterocycles. The molecule has 0 unspecified atom stereocenters. The van der Waals surface area contributed by atoms with Crippen molar-refractivity contribution in [3.63, 3.8) is 0 Å². The van der Waals surface area contributed by atoms with Crippen LogP contribution in [0.25, 0.3) is 0 Å². The van der Waals surface area contributed by atoms with Crippen molar-refractivity contribution < 1.29 is 0 Å². The minimum atomic E-state index is 0.967. The zero-order valence-electron chi connectivity index (χ0n) is 10.8. The first kappa shape index (κ1) is 12.4. The molecule has 3 heteroatoms. The van der Waals surface area contributed by atoms with E-state index in [9.17, 15) is 0 Å². The van der Waals surface area contributed by atoms with Crippen molar-refractivity contribution in [3.05, 3.63) is 23.9 Å². The van der Waals surface area contributed by atoms with Gasteiger partial charge in [-0.15, -0.1) is 0 Å². The van der Waals surface area contributed by atoms with Crippen molar-refractivity contribution >= 4 is 5.82 Å². The number of pyridine rings is 1. The van der Waals surface area contributed by atoms with Gasteiger partial charge in [-0.25, -0.2) is 4.98 Å². The van der Waals surface area contributed by atoms with Gasteiger partial charge in [0.25, 0.3) is 0 Å². The largest absolute Gasteiger partial charge is 0.373 e. The van der Waals surface area contributed by atoms with Crippen molar-refractivity contribution in [3.8, 4) is 0 Å². The van der Waals surface area contributed by atoms with Crippen molar-refractivity contribution in [1.82, 2.24) is 9.88 Å². The van der Waals surface area contributed by atoms with E-state index in [1.54, 1.807) is 0 Å². The van der Waals surface area contributed by atoms with E-state index in [1.165, 1.54) is 50.8 Å². The molecule has 2 rings (SSSR count). The van der Waals surface area contributed by atoms with E-state index in [1.807, 2.05) is 13.2 Å². The van der Waals surface area contributed by atoms with E-state index in [0.717, 1.165) is 12.4 Å². The number of hydrogen-bond acceptors (Lipinski definition) is 3. The molecular formula is C14H23N3. The maximum absolute atomic E-state index is 4.25. The Hall–Kier alpha value is -1.09. The van der Waals surface area contributed by atoms with E-state index in [2.05, 4.69) is 27.3 Å². The summed E-state index contributed by atoms with van der Waals surface area (Å²) >= 11 is 0. The molecule has 0 spiro atoms. The average Bonchev–Trinajstić information content (AvgIpc) is 2.33. The highest BCUT2D eigenvalue weighted by atomic mass is 15.1. The lowest BCUT2D eigenvalue weighted by atomic mass is 10.1. The summed E-state index contributed by atoms with van der Waals surface area (Å²) in [4.78, 5) is 6.83. The Balaban J connectivity index is 1.93. The zero-order valence-corrected chi connectivity index (χ0v) is 10.8. The summed E-state index contributed by atoms with van der Waals surface area (Å²) in [5, 5.41) is 3.10. The molecule has 1 fully saturated rings. The fourth-order valence-electron chi connectivity index (χ4n) is 2.44. The highest BCUT2D eigenvalue weighted by Gasteiger charge is 2.08. The summed E-state index contributed by atoms with van der Waals surface area (Å²) in [6, 6.07) is 4.28. The summed E-state index contributed by atoms with van der Waals surface area (Å²) in [5.74, 6) is 0.967. The SMILES string of the molecule is CNc1cc(CN2CCCCCCC2)ccn1. The number of anilines is 1. The van der Waals surface area contributed by atoms with Crippen molar-refractivity contribution in [2.45, 2.75) is 38.6 Å². The highest BCUT2D eigenvalue weighted by molar-refractivity contribution is 5.36. The number of likely N-dealkylation sites (tertiary alicyclic amines) is 1. The van der Waals surface area contributed by atoms with Crippen LogP contribution >= 0.6 is 0 Å². The van der Waals surface area contributed by atoms with E-state index in [4.69, 9.17) is 0 Å². The number of nitrogens with zero attached hydrogens (tertiary/aromatic N) is 2. The molecule has 0 bridgehead atoms. The predicted octanol–water partition coefficient (Wildman–Crippen LogP) is 2.89. The second kappa shape index (κ2) is 6.60. The topological polar surface area (TPSA) is 28.2 Å². The number of aromatic nitrogens is 1. The molecule has 0 atom stereocenters. The molecular weight excluding hydrogens is 210 g/mol. The number of hydrogen-bond donors (Lipinski definition) is 1. The van der Waals surface area contributed by atoms with Crippen molar-refractivity contribution in [2.24, 2.45) is 0 Å². The van der Waals surface area contributed by atoms with Crippen LogP contribution in [0.15, 0.2) is 18.3 Å². The van der Waals surface area contributed by atoms with E-state index in [0.29, 0.717) is 0 Å². The van der Waals surface area contributed by atoms with Gasteiger partial charge in [0, 0.05) is 19.8 Å². The van der Waals surface area contributed by atoms with E-state index < -0.39 is 0 Å². The normalized spacial score (nSPS) is 18.4. The molecule has 0 amide bonds. The summed E-state index contributed by atoms with van der Waals surface area (Å²) < 4.78 is 0. The van der Waals surface area contributed by atoms with E-state index >= 15 is 0 Å². The van der Waals surface area contributed by atoms with Crippen molar-refractivity contribution in [1.29, 1.82) is 0 Å². The fraction of sp³-hybridized carbons (Fsp3) is 0.643. The Morgan fingerprint density at radius 2 is 1.88 bits per heavy atom. The lowest BCUT2D eigenvalue weighted by molar-refractivity contribution is 0.240. The maximum Gasteiger partial charge on any atom is 0.125 e. The predicted molar refractivity (Wildman–Crippen MR) is 72.1 cm³/mol. The maximum atomic E-state index is 4.25. The lowest BCUT2D eigenvalue weighted by Gasteiger charge is -2.24. The molecule has 17 heavy (non-hydrogen) atoms. The molecule has 94 valence electrons. The first-order valence-electron chi connectivity index (χ1n) is 6.73. The highest BCUT2D eigenvalue weighted by Crippen LogP contribution is 2.14. The first-order valence-corrected chi connectivity index (χ1v) is 6.73. The molecule has 2 heterocycles. The molecule has 1 aliphatic rings. The van der Waals surface area contributed by atoms with Gasteiger partial charge in [0.1, 0.15) is 5.82 Å². The van der Waals surface area contributed by atoms with Crippen LogP contribution in [0.4, 0.5) is 5.82 Å². The minimum Gasteiger partial charge on any atom is -0.373 e. The Morgan fingerprint density at radius 3 is 2.59 bits per heavy atom. The van der Waals surface area contributed by atoms with Crippen LogP contribution in [0.5, 0.6) is 0 Å². The molecule has 1 aliphatic heterocycles. The van der Waals surface area contributed by atoms with Gasteiger partial charge in [-0.3, -0.25) is 4.90 Å². The van der Waals surface area contributed by atoms with Gasteiger partial charge in [-0.1, -0.05) is 19.3 Å². The second-order valence-electron chi connectivity index (χ2n) is 4.84. The van der Waals surface area contributed by atoms with Gasteiger partial charge < -0.3 is 5.32 Å². The molecule has 1 aromatic heterocycles. The molecule has 0 aliphatic carbocycles. The smallest absolute Gasteiger partial charge is 0.125 e. The van der Waals surface area contributed by atoms with Gasteiger partial charge in [0.2, 0.25) is 0 Å². The van der Waals surface area contributed by atoms with Gasteiger partial charge in [0.05, 0.1) is 0 Å². The molecule has 1 N–H and O–H groups in total. The minimum absolute atomic E-state index is 0.967. The van der Waals surface area contributed by atoms with Crippen LogP contribution in [0.2, 0.25) is 0 Å². The third-order valence-corrected chi connectivity index (χ3v) is 3.44. The van der Waals surface area contributed by atoms with Crippen LogP contribution < -0.4 is 5.32 Å². The van der Waals surface area contributed by atoms with Crippen LogP contribution in [-0.2, 0) is 6.54 Å². The van der Waals surface area contributed by atoms with Crippen molar-refractivity contribution in [2.75, 3.05) is 25.5 Å². The summed E-state index contributed by atoms with van der Waals surface area (Å²) in [6.07, 6.45) is 8.81. The summed E-state index contributed by atoms with van der Waals surface area (Å²) in [7, 11) is 1.92. The van der Waals surface area contributed by atoms with Gasteiger partial charge in [-0.2, -0.15) is 0 Å². The van der Waals surface area contributed by atoms with Gasteiger partial charge in [0.15, 0.2) is 0 Å². The molecule has 3 nitrogen and oxygen atoms in total. The Bertz CT molecular complexity index is 330. The average molecular weight is 233 g/mol. The molecule has 0 radical (unpaired) electrons. The first-order chi connectivity index (χ1) is 8.38. The molecule has 0 aromatic carbocycles. The third kappa shape index (κ3) is 4.00. The number of nitrogens with one attached hydrogen (secondary N) is 1. The standard InChI is InChI=1S/C14H23N3/c1-15-14-11-13(7-8-16-14)12-17-9-5-3-2-4-6-10-17/h7-8,11H,2-6,9-10,12H2,1H3,(H,15,16). The number of rotatable bonds is 3. The third-order valence-electron chi connectivity index (χ3n) is 3.44. The summed E-state index contributed by atoms with van der Waals surface area (Å²) in [5.41, 5.74) is 1.37. The zero-order chi connectivity index (χ0) is 11.9. The monoisotopic (exact) mass is 233 g/mol. The Morgan fingerprint density at radius 1 is 1.18 bits per heavy atom. The van der Waals surface area contributed by atoms with Crippen LogP contribution in [0, 0.1) is 0 Å². The van der Waals surface area contributed by atoms with Crippen LogP contribution in [-0.4, -0.2) is 30.0 Å². The Kier molecular flexibility index (Phi) is 4.80. The Labute approximate surface area is 104 Å². The van der Waals surface area contributed by atoms with E-state index in [-0.39, 0.29) is 0 Å². The second-order valence-corrected chi connectivity index (χ2v) is 4.84. The van der Waals surface area contributed by atoms with Gasteiger partial charge >= 0.3 is 0 Å². The summed E-state index contributed by atoms with van der Waals surface area (Å²) in [6.45, 7) is 3.56. The fourth-order valence-corrected chi connectivity index (χ4v) is 2.44. The quantitative estimate of drug-likeness (QED) is 0.870. The van der Waals surface area contributed by atoms with Crippen LogP contribution in [0.1, 0.15) is 37.7 Å².